The van der Waals surface area contributed by atoms with Gasteiger partial charge in [-0.3, -0.25) is 14.4 Å². The second-order valence-electron chi connectivity index (χ2n) is 6.81. The first-order chi connectivity index (χ1) is 13.4. The van der Waals surface area contributed by atoms with Crippen molar-refractivity contribution in [2.24, 2.45) is 0 Å². The molecule has 0 aromatic heterocycles. The van der Waals surface area contributed by atoms with Crippen LogP contribution in [0, 0.1) is 0 Å². The number of halogens is 1. The molecule has 0 spiro atoms. The molecule has 0 bridgehead atoms. The molecule has 28 heavy (non-hydrogen) atoms. The summed E-state index contributed by atoms with van der Waals surface area (Å²) in [7, 11) is 0. The summed E-state index contributed by atoms with van der Waals surface area (Å²) >= 11 is 5.85. The maximum atomic E-state index is 12.7. The third-order valence-corrected chi connectivity index (χ3v) is 4.91. The molecule has 1 aliphatic heterocycles. The summed E-state index contributed by atoms with van der Waals surface area (Å²) in [6, 6.07) is 13.7. The van der Waals surface area contributed by atoms with Gasteiger partial charge in [-0.2, -0.15) is 0 Å². The van der Waals surface area contributed by atoms with Crippen molar-refractivity contribution in [3.05, 3.63) is 64.7 Å². The number of anilines is 1. The second-order valence-corrected chi connectivity index (χ2v) is 7.25. The van der Waals surface area contributed by atoms with Crippen LogP contribution in [-0.4, -0.2) is 41.8 Å². The molecule has 0 unspecified atom stereocenters. The summed E-state index contributed by atoms with van der Waals surface area (Å²) in [6.07, 6.45) is 1.38. The van der Waals surface area contributed by atoms with Crippen molar-refractivity contribution in [2.45, 2.75) is 25.8 Å². The molecule has 1 heterocycles. The van der Waals surface area contributed by atoms with E-state index in [1.54, 1.807) is 53.4 Å². The Bertz CT molecular complexity index is 875. The minimum Gasteiger partial charge on any atom is -0.349 e. The third-order valence-electron chi connectivity index (χ3n) is 4.65. The fourth-order valence-electron chi connectivity index (χ4n) is 3.21. The monoisotopic (exact) mass is 399 g/mol. The lowest BCUT2D eigenvalue weighted by Crippen LogP contribution is -2.46. The highest BCUT2D eigenvalue weighted by molar-refractivity contribution is 6.30. The average Bonchev–Trinajstić information content (AvgIpc) is 2.68. The summed E-state index contributed by atoms with van der Waals surface area (Å²) < 4.78 is 0. The van der Waals surface area contributed by atoms with Crippen molar-refractivity contribution in [3.63, 3.8) is 0 Å². The molecule has 3 amide bonds. The summed E-state index contributed by atoms with van der Waals surface area (Å²) in [6.45, 7) is 2.56. The Morgan fingerprint density at radius 3 is 2.32 bits per heavy atom. The molecule has 0 aliphatic carbocycles. The van der Waals surface area contributed by atoms with Gasteiger partial charge in [-0.25, -0.2) is 0 Å². The number of benzene rings is 2. The standard InChI is InChI=1S/C21H22ClN3O3/c1-14(26)23-19-4-2-3-16(13-19)21(28)25-11-9-18(10-12-25)24-20(27)15-5-7-17(22)8-6-15/h2-8,13,18H,9-12H2,1H3,(H,23,26)(H,24,27). The molecule has 3 rings (SSSR count). The predicted molar refractivity (Wildman–Crippen MR) is 109 cm³/mol. The van der Waals surface area contributed by atoms with Crippen molar-refractivity contribution in [1.82, 2.24) is 10.2 Å². The van der Waals surface area contributed by atoms with Gasteiger partial charge in [0.25, 0.3) is 11.8 Å². The molecule has 0 radical (unpaired) electrons. The minimum atomic E-state index is -0.179. The summed E-state index contributed by atoms with van der Waals surface area (Å²) in [4.78, 5) is 38.0. The summed E-state index contributed by atoms with van der Waals surface area (Å²) in [5.74, 6) is -0.388. The lowest BCUT2D eigenvalue weighted by Gasteiger charge is -2.32. The Morgan fingerprint density at radius 1 is 1.00 bits per heavy atom. The number of rotatable bonds is 4. The van der Waals surface area contributed by atoms with Gasteiger partial charge in [0, 0.05) is 47.9 Å². The Hall–Kier alpha value is -2.86. The third kappa shape index (κ3) is 5.10. The van der Waals surface area contributed by atoms with Crippen LogP contribution < -0.4 is 10.6 Å². The lowest BCUT2D eigenvalue weighted by atomic mass is 10.0. The van der Waals surface area contributed by atoms with E-state index in [0.717, 1.165) is 0 Å². The highest BCUT2D eigenvalue weighted by Gasteiger charge is 2.25. The largest absolute Gasteiger partial charge is 0.349 e. The van der Waals surface area contributed by atoms with E-state index in [-0.39, 0.29) is 23.8 Å². The quantitative estimate of drug-likeness (QED) is 0.827. The molecule has 1 saturated heterocycles. The van der Waals surface area contributed by atoms with E-state index in [4.69, 9.17) is 11.6 Å². The second kappa shape index (κ2) is 8.89. The predicted octanol–water partition coefficient (Wildman–Crippen LogP) is 3.33. The van der Waals surface area contributed by atoms with Crippen molar-refractivity contribution < 1.29 is 14.4 Å². The Morgan fingerprint density at radius 2 is 1.68 bits per heavy atom. The fourth-order valence-corrected chi connectivity index (χ4v) is 3.34. The van der Waals surface area contributed by atoms with E-state index in [1.807, 2.05) is 0 Å². The number of piperidine rings is 1. The number of hydrogen-bond acceptors (Lipinski definition) is 3. The van der Waals surface area contributed by atoms with Crippen LogP contribution in [-0.2, 0) is 4.79 Å². The molecule has 1 fully saturated rings. The van der Waals surface area contributed by atoms with Crippen LogP contribution in [0.1, 0.15) is 40.5 Å². The van der Waals surface area contributed by atoms with Gasteiger partial charge in [-0.1, -0.05) is 17.7 Å². The first-order valence-corrected chi connectivity index (χ1v) is 9.53. The molecular weight excluding hydrogens is 378 g/mol. The molecule has 146 valence electrons. The summed E-state index contributed by atoms with van der Waals surface area (Å²) in [5.41, 5.74) is 1.70. The number of carbonyl (C=O) groups is 3. The van der Waals surface area contributed by atoms with Crippen LogP contribution in [0.15, 0.2) is 48.5 Å². The molecule has 0 atom stereocenters. The molecule has 6 nitrogen and oxygen atoms in total. The topological polar surface area (TPSA) is 78.5 Å². The van der Waals surface area contributed by atoms with E-state index in [9.17, 15) is 14.4 Å². The SMILES string of the molecule is CC(=O)Nc1cccc(C(=O)N2CCC(NC(=O)c3ccc(Cl)cc3)CC2)c1. The lowest BCUT2D eigenvalue weighted by molar-refractivity contribution is -0.114. The van der Waals surface area contributed by atoms with Gasteiger partial charge in [-0.05, 0) is 55.3 Å². The van der Waals surface area contributed by atoms with Gasteiger partial charge in [0.05, 0.1) is 0 Å². The van der Waals surface area contributed by atoms with Crippen molar-refractivity contribution in [3.8, 4) is 0 Å². The molecule has 2 aromatic rings. The van der Waals surface area contributed by atoms with Gasteiger partial charge in [0.1, 0.15) is 0 Å². The molecule has 7 heteroatoms. The van der Waals surface area contributed by atoms with Gasteiger partial charge in [0.2, 0.25) is 5.91 Å². The van der Waals surface area contributed by atoms with E-state index in [0.29, 0.717) is 47.8 Å². The van der Waals surface area contributed by atoms with Crippen LogP contribution in [0.25, 0.3) is 0 Å². The minimum absolute atomic E-state index is 0.0259. The maximum absolute atomic E-state index is 12.7. The highest BCUT2D eigenvalue weighted by Crippen LogP contribution is 2.17. The fraction of sp³-hybridized carbons (Fsp3) is 0.286. The summed E-state index contributed by atoms with van der Waals surface area (Å²) in [5, 5.41) is 6.29. The first kappa shape index (κ1) is 19.9. The van der Waals surface area contributed by atoms with Crippen molar-refractivity contribution >= 4 is 35.0 Å². The number of carbonyl (C=O) groups excluding carboxylic acids is 3. The molecular formula is C21H22ClN3O3. The highest BCUT2D eigenvalue weighted by atomic mass is 35.5. The maximum Gasteiger partial charge on any atom is 0.253 e. The van der Waals surface area contributed by atoms with E-state index in [1.165, 1.54) is 6.92 Å². The van der Waals surface area contributed by atoms with Crippen LogP contribution in [0.3, 0.4) is 0 Å². The number of amides is 3. The Kier molecular flexibility index (Phi) is 6.31. The van der Waals surface area contributed by atoms with Gasteiger partial charge in [-0.15, -0.1) is 0 Å². The van der Waals surface area contributed by atoms with Crippen LogP contribution in [0.5, 0.6) is 0 Å². The average molecular weight is 400 g/mol. The number of hydrogen-bond donors (Lipinski definition) is 2. The molecule has 0 saturated carbocycles. The molecule has 2 aromatic carbocycles. The zero-order valence-electron chi connectivity index (χ0n) is 15.6. The zero-order chi connectivity index (χ0) is 20.1. The van der Waals surface area contributed by atoms with E-state index in [2.05, 4.69) is 10.6 Å². The molecule has 1 aliphatic rings. The van der Waals surface area contributed by atoms with Gasteiger partial charge >= 0.3 is 0 Å². The number of nitrogens with one attached hydrogen (secondary N) is 2. The van der Waals surface area contributed by atoms with Crippen molar-refractivity contribution in [2.75, 3.05) is 18.4 Å². The normalized spacial score (nSPS) is 14.4. The van der Waals surface area contributed by atoms with Gasteiger partial charge in [0.15, 0.2) is 0 Å². The van der Waals surface area contributed by atoms with Crippen molar-refractivity contribution in [1.29, 1.82) is 0 Å². The molecule has 2 N–H and O–H groups in total. The zero-order valence-corrected chi connectivity index (χ0v) is 16.3. The first-order valence-electron chi connectivity index (χ1n) is 9.16. The smallest absolute Gasteiger partial charge is 0.253 e. The van der Waals surface area contributed by atoms with Crippen LogP contribution in [0.2, 0.25) is 5.02 Å². The Balaban J connectivity index is 1.54. The van der Waals surface area contributed by atoms with E-state index < -0.39 is 0 Å². The van der Waals surface area contributed by atoms with E-state index >= 15 is 0 Å². The number of nitrogens with zero attached hydrogens (tertiary/aromatic N) is 1. The van der Waals surface area contributed by atoms with Crippen LogP contribution >= 0.6 is 11.6 Å². The van der Waals surface area contributed by atoms with Gasteiger partial charge < -0.3 is 15.5 Å². The Labute approximate surface area is 168 Å². The number of likely N-dealkylation sites (tertiary alicyclic amines) is 1. The van der Waals surface area contributed by atoms with Crippen LogP contribution in [0.4, 0.5) is 5.69 Å².